The minimum Gasteiger partial charge on any atom is -0.399 e. The van der Waals surface area contributed by atoms with Crippen LogP contribution in [-0.4, -0.2) is 33.7 Å². The monoisotopic (exact) mass is 294 g/mol. The Kier molecular flexibility index (Phi) is 7.92. The molecule has 1 rings (SSSR count). The first-order valence-corrected chi connectivity index (χ1v) is 7.48. The Morgan fingerprint density at radius 2 is 1.78 bits per heavy atom. The van der Waals surface area contributed by atoms with Gasteiger partial charge in [0.15, 0.2) is 0 Å². The second-order valence-electron chi connectivity index (χ2n) is 3.12. The number of anilines is 1. The van der Waals surface area contributed by atoms with Gasteiger partial charge in [0.1, 0.15) is 0 Å². The van der Waals surface area contributed by atoms with E-state index in [2.05, 4.69) is 4.36 Å². The van der Waals surface area contributed by atoms with Crippen molar-refractivity contribution in [2.75, 3.05) is 18.0 Å². The van der Waals surface area contributed by atoms with Gasteiger partial charge in [0.2, 0.25) is 0 Å². The highest BCUT2D eigenvalue weighted by Gasteiger charge is 2.01. The highest BCUT2D eigenvalue weighted by molar-refractivity contribution is 7.85. The highest BCUT2D eigenvalue weighted by atomic mass is 32.2. The molecule has 0 atom stereocenters. The first-order chi connectivity index (χ1) is 8.31. The number of nitrogen functional groups attached to an aromatic ring is 1. The van der Waals surface area contributed by atoms with E-state index in [-0.39, 0.29) is 13.0 Å². The molecule has 0 aliphatic heterocycles. The molecule has 3 N–H and O–H groups in total. The molecule has 1 aromatic carbocycles. The van der Waals surface area contributed by atoms with E-state index in [0.717, 1.165) is 5.69 Å². The molecule has 9 heteroatoms. The van der Waals surface area contributed by atoms with Crippen molar-refractivity contribution >= 4 is 26.3 Å². The van der Waals surface area contributed by atoms with E-state index in [4.69, 9.17) is 10.3 Å². The number of nitrogens with zero attached hydrogens (tertiary/aromatic N) is 1. The quantitative estimate of drug-likeness (QED) is 0.475. The van der Waals surface area contributed by atoms with Gasteiger partial charge in [0.05, 0.1) is 12.3 Å². The van der Waals surface area contributed by atoms with Gasteiger partial charge in [-0.15, -0.1) is 0 Å². The zero-order valence-corrected chi connectivity index (χ0v) is 11.1. The van der Waals surface area contributed by atoms with E-state index >= 15 is 0 Å². The van der Waals surface area contributed by atoms with Gasteiger partial charge in [-0.2, -0.15) is 21.2 Å². The molecule has 7 nitrogen and oxygen atoms in total. The Morgan fingerprint density at radius 1 is 1.22 bits per heavy atom. The summed E-state index contributed by atoms with van der Waals surface area (Å²) in [5.74, 6) is -0.465. The Morgan fingerprint density at radius 3 is 2.11 bits per heavy atom. The van der Waals surface area contributed by atoms with E-state index in [1.807, 2.05) is 30.3 Å². The van der Waals surface area contributed by atoms with Crippen molar-refractivity contribution in [2.45, 2.75) is 6.42 Å². The molecule has 0 radical (unpaired) electrons. The van der Waals surface area contributed by atoms with Crippen molar-refractivity contribution in [3.63, 3.8) is 0 Å². The molecule has 1 aromatic rings. The maximum Gasteiger partial charge on any atom is 0.311 e. The summed E-state index contributed by atoms with van der Waals surface area (Å²) in [6, 6.07) is 9.49. The molecular formula is C9H14N2O5S2. The molecule has 0 aromatic heterocycles. The predicted octanol–water partition coefficient (Wildman–Crippen LogP) is 0.596. The van der Waals surface area contributed by atoms with Crippen LogP contribution in [0, 0.1) is 0 Å². The van der Waals surface area contributed by atoms with E-state index in [9.17, 15) is 16.8 Å². The largest absolute Gasteiger partial charge is 0.399 e. The van der Waals surface area contributed by atoms with Crippen molar-refractivity contribution in [1.29, 1.82) is 0 Å². The average molecular weight is 294 g/mol. The summed E-state index contributed by atoms with van der Waals surface area (Å²) < 4.78 is 50.7. The molecule has 18 heavy (non-hydrogen) atoms. The third-order valence-corrected chi connectivity index (χ3v) is 2.75. The number of hydrogen-bond acceptors (Lipinski definition) is 6. The van der Waals surface area contributed by atoms with Gasteiger partial charge < -0.3 is 5.73 Å². The van der Waals surface area contributed by atoms with Crippen LogP contribution in [0.15, 0.2) is 34.7 Å². The molecule has 0 saturated heterocycles. The van der Waals surface area contributed by atoms with Crippen molar-refractivity contribution in [3.8, 4) is 0 Å². The Bertz CT molecular complexity index is 558. The van der Waals surface area contributed by atoms with E-state index < -0.39 is 26.4 Å². The fourth-order valence-corrected chi connectivity index (χ4v) is 1.61. The molecule has 0 fully saturated rings. The van der Waals surface area contributed by atoms with Gasteiger partial charge in [-0.25, -0.2) is 0 Å². The summed E-state index contributed by atoms with van der Waals surface area (Å²) >= 11 is 0. The van der Waals surface area contributed by atoms with E-state index in [0.29, 0.717) is 0 Å². The highest BCUT2D eigenvalue weighted by Crippen LogP contribution is 1.95. The van der Waals surface area contributed by atoms with Gasteiger partial charge >= 0.3 is 10.5 Å². The molecular weight excluding hydrogens is 280 g/mol. The fourth-order valence-electron chi connectivity index (χ4n) is 0.839. The molecule has 0 spiro atoms. The van der Waals surface area contributed by atoms with Crippen molar-refractivity contribution in [2.24, 2.45) is 4.36 Å². The van der Waals surface area contributed by atoms with Crippen LogP contribution >= 0.6 is 0 Å². The molecule has 0 unspecified atom stereocenters. The summed E-state index contributed by atoms with van der Waals surface area (Å²) in [5, 5.41) is 0. The lowest BCUT2D eigenvalue weighted by atomic mass is 10.3. The third kappa shape index (κ3) is 12.6. The second kappa shape index (κ2) is 8.61. The maximum atomic E-state index is 10.0. The van der Waals surface area contributed by atoms with E-state index in [1.54, 1.807) is 0 Å². The third-order valence-electron chi connectivity index (χ3n) is 1.56. The smallest absolute Gasteiger partial charge is 0.311 e. The van der Waals surface area contributed by atoms with Crippen LogP contribution in [0.5, 0.6) is 0 Å². The Balaban J connectivity index is 0.000000351. The first kappa shape index (κ1) is 16.6. The summed E-state index contributed by atoms with van der Waals surface area (Å²) in [7, 11) is -6.48. The SMILES string of the molecule is Nc1ccccc1.O=S(=O)=NCCCS(=O)(=O)O. The minimum absolute atomic E-state index is 0.00676. The van der Waals surface area contributed by atoms with Gasteiger partial charge in [-0.1, -0.05) is 18.2 Å². The van der Waals surface area contributed by atoms with Gasteiger partial charge in [0, 0.05) is 5.69 Å². The second-order valence-corrected chi connectivity index (χ2v) is 5.38. The summed E-state index contributed by atoms with van der Waals surface area (Å²) in [5.41, 5.74) is 6.18. The normalized spacial score (nSPS) is 10.1. The predicted molar refractivity (Wildman–Crippen MR) is 68.1 cm³/mol. The van der Waals surface area contributed by atoms with Gasteiger partial charge in [-0.05, 0) is 18.6 Å². The van der Waals surface area contributed by atoms with Crippen LogP contribution in [0.2, 0.25) is 0 Å². The van der Waals surface area contributed by atoms with Crippen molar-refractivity contribution in [3.05, 3.63) is 30.3 Å². The number of nitrogens with two attached hydrogens (primary N) is 1. The molecule has 0 heterocycles. The van der Waals surface area contributed by atoms with E-state index in [1.165, 1.54) is 0 Å². The number of benzene rings is 1. The topological polar surface area (TPSA) is 127 Å². The summed E-state index contributed by atoms with van der Waals surface area (Å²) in [6.45, 7) is -0.115. The first-order valence-electron chi connectivity index (χ1n) is 4.84. The fraction of sp³-hybridized carbons (Fsp3) is 0.333. The van der Waals surface area contributed by atoms with Crippen LogP contribution in [0.25, 0.3) is 0 Å². The zero-order valence-electron chi connectivity index (χ0n) is 9.43. The number of rotatable bonds is 4. The lowest BCUT2D eigenvalue weighted by molar-refractivity contribution is 0.481. The molecule has 0 aliphatic carbocycles. The lowest BCUT2D eigenvalue weighted by Gasteiger charge is -1.90. The summed E-state index contributed by atoms with van der Waals surface area (Å²) in [4.78, 5) is 0. The Hall–Kier alpha value is -1.45. The van der Waals surface area contributed by atoms with Crippen molar-refractivity contribution < 1.29 is 21.4 Å². The van der Waals surface area contributed by atoms with Crippen LogP contribution in [0.3, 0.4) is 0 Å². The lowest BCUT2D eigenvalue weighted by Crippen LogP contribution is -2.04. The van der Waals surface area contributed by atoms with Crippen molar-refractivity contribution in [1.82, 2.24) is 0 Å². The molecule has 0 bridgehead atoms. The average Bonchev–Trinajstić information content (AvgIpc) is 2.25. The van der Waals surface area contributed by atoms with Gasteiger partial charge in [-0.3, -0.25) is 4.55 Å². The molecule has 102 valence electrons. The molecule has 0 saturated carbocycles. The van der Waals surface area contributed by atoms with Gasteiger partial charge in [0.25, 0.3) is 10.1 Å². The maximum absolute atomic E-state index is 10.0. The minimum atomic E-state index is -3.98. The Labute approximate surface area is 107 Å². The number of hydrogen-bond donors (Lipinski definition) is 2. The van der Waals surface area contributed by atoms with Crippen LogP contribution in [0.1, 0.15) is 6.42 Å². The zero-order chi connectivity index (χ0) is 14.0. The molecule has 0 aliphatic rings. The summed E-state index contributed by atoms with van der Waals surface area (Å²) in [6.07, 6.45) is 0.00676. The van der Waals surface area contributed by atoms with Crippen LogP contribution in [-0.2, 0) is 20.6 Å². The van der Waals surface area contributed by atoms with Crippen LogP contribution < -0.4 is 5.73 Å². The number of para-hydroxylation sites is 1. The van der Waals surface area contributed by atoms with Crippen LogP contribution in [0.4, 0.5) is 5.69 Å². The standard InChI is InChI=1S/C6H7N.C3H7NO5S2/c7-6-4-2-1-3-5-6;5-10(6)4-2-1-3-11(7,8)9/h1-5H,7H2;1-3H2,(H,7,8,9). The molecule has 0 amide bonds.